The summed E-state index contributed by atoms with van der Waals surface area (Å²) in [5.74, 6) is 1.06. The SMILES string of the molecule is Cc1ccc(OCCCOc2c(Cl)cc(Cl)cc2C=C2SC(=S)NC2=O)cc1C. The van der Waals surface area contributed by atoms with Crippen molar-refractivity contribution in [3.05, 3.63) is 62.0 Å². The van der Waals surface area contributed by atoms with Gasteiger partial charge in [-0.15, -0.1) is 0 Å². The number of rotatable bonds is 7. The van der Waals surface area contributed by atoms with Gasteiger partial charge >= 0.3 is 0 Å². The van der Waals surface area contributed by atoms with Gasteiger partial charge in [-0.2, -0.15) is 0 Å². The first-order valence-electron chi connectivity index (χ1n) is 8.90. The van der Waals surface area contributed by atoms with E-state index in [2.05, 4.69) is 19.2 Å². The molecule has 0 bridgehead atoms. The average molecular weight is 468 g/mol. The molecule has 2 aromatic rings. The van der Waals surface area contributed by atoms with Gasteiger partial charge in [0.1, 0.15) is 15.8 Å². The van der Waals surface area contributed by atoms with Crippen molar-refractivity contribution in [1.29, 1.82) is 0 Å². The Hall–Kier alpha value is -1.73. The Kier molecular flexibility index (Phi) is 7.46. The van der Waals surface area contributed by atoms with E-state index in [9.17, 15) is 4.79 Å². The molecule has 4 nitrogen and oxygen atoms in total. The summed E-state index contributed by atoms with van der Waals surface area (Å²) < 4.78 is 12.1. The quantitative estimate of drug-likeness (QED) is 0.309. The van der Waals surface area contributed by atoms with Crippen LogP contribution in [0, 0.1) is 13.8 Å². The fourth-order valence-electron chi connectivity index (χ4n) is 2.63. The summed E-state index contributed by atoms with van der Waals surface area (Å²) in [5, 5.41) is 3.42. The van der Waals surface area contributed by atoms with E-state index >= 15 is 0 Å². The molecular formula is C21H19Cl2NO3S2. The van der Waals surface area contributed by atoms with Crippen LogP contribution in [0.2, 0.25) is 10.0 Å². The molecule has 1 N–H and O–H groups in total. The third kappa shape index (κ3) is 5.89. The first-order valence-corrected chi connectivity index (χ1v) is 10.9. The van der Waals surface area contributed by atoms with Gasteiger partial charge in [-0.05, 0) is 55.3 Å². The Morgan fingerprint density at radius 2 is 1.86 bits per heavy atom. The zero-order chi connectivity index (χ0) is 21.0. The molecule has 8 heteroatoms. The minimum atomic E-state index is -0.246. The Morgan fingerprint density at radius 3 is 2.55 bits per heavy atom. The van der Waals surface area contributed by atoms with Gasteiger partial charge < -0.3 is 14.8 Å². The number of halogens is 2. The molecule has 0 aliphatic carbocycles. The second-order valence-corrected chi connectivity index (χ2v) is 9.02. The molecule has 1 aliphatic heterocycles. The van der Waals surface area contributed by atoms with Gasteiger partial charge in [0.05, 0.1) is 23.1 Å². The monoisotopic (exact) mass is 467 g/mol. The summed E-state index contributed by atoms with van der Waals surface area (Å²) in [5.41, 5.74) is 3.05. The first kappa shape index (κ1) is 22.0. The van der Waals surface area contributed by atoms with Crippen LogP contribution in [0.15, 0.2) is 35.2 Å². The van der Waals surface area contributed by atoms with Crippen molar-refractivity contribution in [3.8, 4) is 11.5 Å². The molecule has 29 heavy (non-hydrogen) atoms. The van der Waals surface area contributed by atoms with Crippen LogP contribution in [0.25, 0.3) is 6.08 Å². The lowest BCUT2D eigenvalue weighted by molar-refractivity contribution is -0.115. The van der Waals surface area contributed by atoms with E-state index in [4.69, 9.17) is 44.9 Å². The Balaban J connectivity index is 1.63. The molecule has 0 saturated carbocycles. The first-order chi connectivity index (χ1) is 13.8. The fraction of sp³-hybridized carbons (Fsp3) is 0.238. The van der Waals surface area contributed by atoms with Crippen LogP contribution in [0.3, 0.4) is 0 Å². The highest BCUT2D eigenvalue weighted by atomic mass is 35.5. The van der Waals surface area contributed by atoms with E-state index in [1.54, 1.807) is 18.2 Å². The summed E-state index contributed by atoms with van der Waals surface area (Å²) in [6.07, 6.45) is 2.35. The molecule has 2 aromatic carbocycles. The van der Waals surface area contributed by atoms with E-state index in [0.717, 1.165) is 5.75 Å². The lowest BCUT2D eigenvalue weighted by atomic mass is 10.1. The van der Waals surface area contributed by atoms with Gasteiger partial charge in [0, 0.05) is 17.0 Å². The van der Waals surface area contributed by atoms with Crippen LogP contribution in [0.4, 0.5) is 0 Å². The molecular weight excluding hydrogens is 449 g/mol. The number of carbonyl (C=O) groups is 1. The van der Waals surface area contributed by atoms with Gasteiger partial charge in [0.25, 0.3) is 5.91 Å². The highest BCUT2D eigenvalue weighted by Gasteiger charge is 2.23. The molecule has 1 fully saturated rings. The second kappa shape index (κ2) is 9.85. The predicted molar refractivity (Wildman–Crippen MR) is 124 cm³/mol. The fourth-order valence-corrected chi connectivity index (χ4v) is 4.23. The second-order valence-electron chi connectivity index (χ2n) is 6.45. The molecule has 1 aliphatic rings. The Labute approximate surface area is 189 Å². The molecule has 0 spiro atoms. The third-order valence-corrected chi connectivity index (χ3v) is 5.91. The third-order valence-electron chi connectivity index (χ3n) is 4.25. The Bertz CT molecular complexity index is 992. The van der Waals surface area contributed by atoms with Crippen molar-refractivity contribution < 1.29 is 14.3 Å². The standard InChI is InChI=1S/C21H19Cl2NO3S2/c1-12-4-5-16(8-13(12)2)26-6-3-7-27-19-14(9-15(22)11-17(19)23)10-18-20(25)24-21(28)29-18/h4-5,8-11H,3,6-7H2,1-2H3,(H,24,25,28). The normalized spacial score (nSPS) is 15.0. The number of benzene rings is 2. The van der Waals surface area contributed by atoms with E-state index in [0.29, 0.717) is 50.2 Å². The van der Waals surface area contributed by atoms with Crippen molar-refractivity contribution in [2.24, 2.45) is 0 Å². The van der Waals surface area contributed by atoms with Crippen LogP contribution < -0.4 is 14.8 Å². The molecule has 152 valence electrons. The van der Waals surface area contributed by atoms with Crippen LogP contribution >= 0.6 is 47.2 Å². The van der Waals surface area contributed by atoms with E-state index < -0.39 is 0 Å². The summed E-state index contributed by atoms with van der Waals surface area (Å²) in [4.78, 5) is 12.4. The van der Waals surface area contributed by atoms with E-state index in [-0.39, 0.29) is 5.91 Å². The highest BCUT2D eigenvalue weighted by Crippen LogP contribution is 2.36. The molecule has 1 amide bonds. The van der Waals surface area contributed by atoms with Crippen LogP contribution in [0.5, 0.6) is 11.5 Å². The minimum Gasteiger partial charge on any atom is -0.493 e. The lowest BCUT2D eigenvalue weighted by Gasteiger charge is -2.13. The topological polar surface area (TPSA) is 47.6 Å². The minimum absolute atomic E-state index is 0.246. The van der Waals surface area contributed by atoms with Crippen molar-refractivity contribution in [1.82, 2.24) is 5.32 Å². The van der Waals surface area contributed by atoms with Crippen molar-refractivity contribution >= 4 is 63.5 Å². The van der Waals surface area contributed by atoms with Crippen LogP contribution in [0.1, 0.15) is 23.1 Å². The number of hydrogen-bond donors (Lipinski definition) is 1. The number of ether oxygens (including phenoxy) is 2. The number of hydrogen-bond acceptors (Lipinski definition) is 5. The maximum Gasteiger partial charge on any atom is 0.263 e. The summed E-state index contributed by atoms with van der Waals surface area (Å²) in [6.45, 7) is 5.03. The summed E-state index contributed by atoms with van der Waals surface area (Å²) in [7, 11) is 0. The Morgan fingerprint density at radius 1 is 1.10 bits per heavy atom. The van der Waals surface area contributed by atoms with Gasteiger partial charge in [0.2, 0.25) is 0 Å². The number of amides is 1. The zero-order valence-corrected chi connectivity index (χ0v) is 19.0. The van der Waals surface area contributed by atoms with Crippen molar-refractivity contribution in [2.45, 2.75) is 20.3 Å². The van der Waals surface area contributed by atoms with Gasteiger partial charge in [-0.3, -0.25) is 4.79 Å². The van der Waals surface area contributed by atoms with Gasteiger partial charge in [-0.25, -0.2) is 0 Å². The number of thioether (sulfide) groups is 1. The molecule has 0 atom stereocenters. The zero-order valence-electron chi connectivity index (χ0n) is 15.9. The number of thiocarbonyl (C=S) groups is 1. The molecule has 1 heterocycles. The number of nitrogens with one attached hydrogen (secondary N) is 1. The average Bonchev–Trinajstić information content (AvgIpc) is 2.96. The predicted octanol–water partition coefficient (Wildman–Crippen LogP) is 5.95. The molecule has 0 radical (unpaired) electrons. The molecule has 1 saturated heterocycles. The molecule has 0 unspecified atom stereocenters. The van der Waals surface area contributed by atoms with Crippen molar-refractivity contribution in [3.63, 3.8) is 0 Å². The van der Waals surface area contributed by atoms with Gasteiger partial charge in [-0.1, -0.05) is 53.2 Å². The van der Waals surface area contributed by atoms with Gasteiger partial charge in [0.15, 0.2) is 0 Å². The molecule has 3 rings (SSSR count). The maximum atomic E-state index is 11.9. The molecule has 0 aromatic heterocycles. The summed E-state index contributed by atoms with van der Waals surface area (Å²) >= 11 is 18.7. The van der Waals surface area contributed by atoms with E-state index in [1.165, 1.54) is 22.9 Å². The number of carbonyl (C=O) groups excluding carboxylic acids is 1. The number of aryl methyl sites for hydroxylation is 2. The lowest BCUT2D eigenvalue weighted by Crippen LogP contribution is -2.17. The maximum absolute atomic E-state index is 11.9. The largest absolute Gasteiger partial charge is 0.493 e. The van der Waals surface area contributed by atoms with Crippen LogP contribution in [-0.4, -0.2) is 23.4 Å². The highest BCUT2D eigenvalue weighted by molar-refractivity contribution is 8.26. The summed E-state index contributed by atoms with van der Waals surface area (Å²) in [6, 6.07) is 9.33. The smallest absolute Gasteiger partial charge is 0.263 e. The van der Waals surface area contributed by atoms with Crippen LogP contribution in [-0.2, 0) is 4.79 Å². The van der Waals surface area contributed by atoms with E-state index in [1.807, 2.05) is 18.2 Å². The van der Waals surface area contributed by atoms with Crippen molar-refractivity contribution in [2.75, 3.05) is 13.2 Å².